The van der Waals surface area contributed by atoms with Crippen LogP contribution >= 0.6 is 11.6 Å². The summed E-state index contributed by atoms with van der Waals surface area (Å²) in [4.78, 5) is 10.7. The molecule has 3 aromatic rings. The van der Waals surface area contributed by atoms with Crippen LogP contribution in [0.15, 0.2) is 24.3 Å². The molecular formula is C14H13ClN6O. The molecule has 7 nitrogen and oxygen atoms in total. The van der Waals surface area contributed by atoms with E-state index < -0.39 is 0 Å². The SMILES string of the molecule is COc1ccc2c(c1)nnn2-c1cc(N2CCC2)nc(Cl)n1. The molecule has 0 atom stereocenters. The molecule has 4 rings (SSSR count). The van der Waals surface area contributed by atoms with Gasteiger partial charge in [-0.25, -0.2) is 4.98 Å². The summed E-state index contributed by atoms with van der Waals surface area (Å²) < 4.78 is 6.86. The molecule has 112 valence electrons. The Morgan fingerprint density at radius 1 is 1.14 bits per heavy atom. The van der Waals surface area contributed by atoms with Crippen LogP contribution in [0.3, 0.4) is 0 Å². The number of aromatic nitrogens is 5. The van der Waals surface area contributed by atoms with E-state index in [1.54, 1.807) is 11.8 Å². The van der Waals surface area contributed by atoms with Crippen molar-refractivity contribution in [2.45, 2.75) is 6.42 Å². The second kappa shape index (κ2) is 5.10. The largest absolute Gasteiger partial charge is 0.497 e. The lowest BCUT2D eigenvalue weighted by molar-refractivity contribution is 0.415. The van der Waals surface area contributed by atoms with E-state index >= 15 is 0 Å². The zero-order valence-electron chi connectivity index (χ0n) is 11.9. The van der Waals surface area contributed by atoms with Gasteiger partial charge in [0, 0.05) is 25.2 Å². The van der Waals surface area contributed by atoms with Crippen LogP contribution in [-0.4, -0.2) is 45.2 Å². The zero-order valence-corrected chi connectivity index (χ0v) is 12.7. The molecule has 0 spiro atoms. The molecular weight excluding hydrogens is 304 g/mol. The number of halogens is 1. The number of methoxy groups -OCH3 is 1. The Balaban J connectivity index is 1.82. The number of nitrogens with zero attached hydrogens (tertiary/aromatic N) is 6. The quantitative estimate of drug-likeness (QED) is 0.689. The standard InChI is InChI=1S/C14H13ClN6O/c1-22-9-3-4-11-10(7-9)18-19-21(11)13-8-12(16-14(15)17-13)20-5-2-6-20/h3-4,7-8H,2,5-6H2,1H3. The van der Waals surface area contributed by atoms with Crippen molar-refractivity contribution in [2.24, 2.45) is 0 Å². The van der Waals surface area contributed by atoms with Crippen molar-refractivity contribution >= 4 is 28.5 Å². The Morgan fingerprint density at radius 3 is 2.68 bits per heavy atom. The summed E-state index contributed by atoms with van der Waals surface area (Å²) in [5, 5.41) is 8.53. The van der Waals surface area contributed by atoms with Crippen molar-refractivity contribution in [3.05, 3.63) is 29.5 Å². The highest BCUT2D eigenvalue weighted by Gasteiger charge is 2.19. The van der Waals surface area contributed by atoms with Gasteiger partial charge in [-0.3, -0.25) is 0 Å². The smallest absolute Gasteiger partial charge is 0.226 e. The van der Waals surface area contributed by atoms with Gasteiger partial charge in [0.05, 0.1) is 12.6 Å². The lowest BCUT2D eigenvalue weighted by Crippen LogP contribution is -2.37. The second-order valence-electron chi connectivity index (χ2n) is 5.05. The monoisotopic (exact) mass is 316 g/mol. The lowest BCUT2D eigenvalue weighted by atomic mass is 10.2. The summed E-state index contributed by atoms with van der Waals surface area (Å²) in [7, 11) is 1.62. The molecule has 2 aromatic heterocycles. The summed E-state index contributed by atoms with van der Waals surface area (Å²) in [5.74, 6) is 2.16. The molecule has 0 aliphatic carbocycles. The molecule has 0 amide bonds. The fraction of sp³-hybridized carbons (Fsp3) is 0.286. The molecule has 8 heteroatoms. The molecule has 0 N–H and O–H groups in total. The van der Waals surface area contributed by atoms with E-state index in [-0.39, 0.29) is 5.28 Å². The summed E-state index contributed by atoms with van der Waals surface area (Å²) in [6.07, 6.45) is 1.17. The van der Waals surface area contributed by atoms with Crippen LogP contribution in [0, 0.1) is 0 Å². The van der Waals surface area contributed by atoms with E-state index in [0.717, 1.165) is 35.7 Å². The van der Waals surface area contributed by atoms with Gasteiger partial charge in [0.2, 0.25) is 5.28 Å². The van der Waals surface area contributed by atoms with Gasteiger partial charge >= 0.3 is 0 Å². The van der Waals surface area contributed by atoms with Crippen molar-refractivity contribution in [2.75, 3.05) is 25.1 Å². The predicted octanol–water partition coefficient (Wildman–Crippen LogP) is 2.08. The molecule has 1 fully saturated rings. The first kappa shape index (κ1) is 13.3. The fourth-order valence-corrected chi connectivity index (χ4v) is 2.58. The highest BCUT2D eigenvalue weighted by molar-refractivity contribution is 6.28. The van der Waals surface area contributed by atoms with Crippen LogP contribution in [0.25, 0.3) is 16.9 Å². The first-order valence-corrected chi connectivity index (χ1v) is 7.32. The fourth-order valence-electron chi connectivity index (χ4n) is 2.41. The third kappa shape index (κ3) is 2.14. The number of fused-ring (bicyclic) bond motifs is 1. The second-order valence-corrected chi connectivity index (χ2v) is 5.39. The molecule has 1 aliphatic heterocycles. The number of anilines is 1. The number of rotatable bonds is 3. The van der Waals surface area contributed by atoms with E-state index in [0.29, 0.717) is 5.82 Å². The number of hydrogen-bond acceptors (Lipinski definition) is 6. The molecule has 22 heavy (non-hydrogen) atoms. The number of benzene rings is 1. The van der Waals surface area contributed by atoms with Crippen LogP contribution in [0.4, 0.5) is 5.82 Å². The van der Waals surface area contributed by atoms with Gasteiger partial charge < -0.3 is 9.64 Å². The van der Waals surface area contributed by atoms with Crippen LogP contribution in [0.5, 0.6) is 5.75 Å². The molecule has 1 aliphatic rings. The molecule has 0 bridgehead atoms. The third-order valence-corrected chi connectivity index (χ3v) is 3.89. The Kier molecular flexibility index (Phi) is 3.07. The summed E-state index contributed by atoms with van der Waals surface area (Å²) in [6, 6.07) is 7.47. The number of ether oxygens (including phenoxy) is 1. The van der Waals surface area contributed by atoms with Crippen LogP contribution < -0.4 is 9.64 Å². The lowest BCUT2D eigenvalue weighted by Gasteiger charge is -2.32. The first-order chi connectivity index (χ1) is 10.7. The first-order valence-electron chi connectivity index (χ1n) is 6.94. The van der Waals surface area contributed by atoms with Crippen LogP contribution in [-0.2, 0) is 0 Å². The molecule has 0 saturated carbocycles. The van der Waals surface area contributed by atoms with Crippen molar-refractivity contribution in [3.8, 4) is 11.6 Å². The van der Waals surface area contributed by atoms with Gasteiger partial charge in [0.25, 0.3) is 0 Å². The Hall–Kier alpha value is -2.41. The Labute approximate surface area is 131 Å². The van der Waals surface area contributed by atoms with Crippen LogP contribution in [0.1, 0.15) is 6.42 Å². The van der Waals surface area contributed by atoms with E-state index in [1.165, 1.54) is 6.42 Å². The highest BCUT2D eigenvalue weighted by atomic mass is 35.5. The Morgan fingerprint density at radius 2 is 1.95 bits per heavy atom. The molecule has 0 radical (unpaired) electrons. The summed E-state index contributed by atoms with van der Waals surface area (Å²) in [6.45, 7) is 1.98. The summed E-state index contributed by atoms with van der Waals surface area (Å²) >= 11 is 6.06. The average molecular weight is 317 g/mol. The topological polar surface area (TPSA) is 69.0 Å². The van der Waals surface area contributed by atoms with Gasteiger partial charge in [-0.05, 0) is 30.2 Å². The van der Waals surface area contributed by atoms with E-state index in [9.17, 15) is 0 Å². The maximum atomic E-state index is 6.06. The van der Waals surface area contributed by atoms with Gasteiger partial charge in [-0.1, -0.05) is 5.21 Å². The normalized spacial score (nSPS) is 14.2. The van der Waals surface area contributed by atoms with Gasteiger partial charge in [-0.2, -0.15) is 9.67 Å². The average Bonchev–Trinajstić information content (AvgIpc) is 2.87. The van der Waals surface area contributed by atoms with Crippen LogP contribution in [0.2, 0.25) is 5.28 Å². The van der Waals surface area contributed by atoms with Gasteiger partial charge in [0.15, 0.2) is 5.82 Å². The predicted molar refractivity (Wildman–Crippen MR) is 82.8 cm³/mol. The van der Waals surface area contributed by atoms with E-state index in [1.807, 2.05) is 24.3 Å². The zero-order chi connectivity index (χ0) is 15.1. The Bertz CT molecular complexity index is 844. The van der Waals surface area contributed by atoms with E-state index in [4.69, 9.17) is 16.3 Å². The number of hydrogen-bond donors (Lipinski definition) is 0. The minimum atomic E-state index is 0.205. The minimum Gasteiger partial charge on any atom is -0.497 e. The maximum absolute atomic E-state index is 6.06. The van der Waals surface area contributed by atoms with Gasteiger partial charge in [-0.15, -0.1) is 5.10 Å². The molecule has 0 unspecified atom stereocenters. The van der Waals surface area contributed by atoms with Crippen molar-refractivity contribution in [3.63, 3.8) is 0 Å². The third-order valence-electron chi connectivity index (χ3n) is 3.72. The van der Waals surface area contributed by atoms with E-state index in [2.05, 4.69) is 25.2 Å². The van der Waals surface area contributed by atoms with Crippen molar-refractivity contribution in [1.29, 1.82) is 0 Å². The molecule has 1 aromatic carbocycles. The highest BCUT2D eigenvalue weighted by Crippen LogP contribution is 2.25. The minimum absolute atomic E-state index is 0.205. The molecule has 1 saturated heterocycles. The summed E-state index contributed by atoms with van der Waals surface area (Å²) in [5.41, 5.74) is 1.57. The van der Waals surface area contributed by atoms with Gasteiger partial charge in [0.1, 0.15) is 17.1 Å². The van der Waals surface area contributed by atoms with Crippen molar-refractivity contribution < 1.29 is 4.74 Å². The van der Waals surface area contributed by atoms with Crippen molar-refractivity contribution in [1.82, 2.24) is 25.0 Å². The molecule has 3 heterocycles. The maximum Gasteiger partial charge on any atom is 0.226 e.